The van der Waals surface area contributed by atoms with Crippen LogP contribution in [-0.4, -0.2) is 6.04 Å². The second-order valence-corrected chi connectivity index (χ2v) is 4.65. The average molecular weight is 202 g/mol. The molecule has 0 aromatic carbocycles. The first-order valence-electron chi connectivity index (χ1n) is 4.23. The second-order valence-electron chi connectivity index (χ2n) is 3.31. The maximum absolute atomic E-state index is 6.08. The van der Waals surface area contributed by atoms with E-state index in [0.29, 0.717) is 0 Å². The van der Waals surface area contributed by atoms with Crippen LogP contribution in [0.3, 0.4) is 0 Å². The summed E-state index contributed by atoms with van der Waals surface area (Å²) in [5, 5.41) is 6.52. The summed E-state index contributed by atoms with van der Waals surface area (Å²) in [4.78, 5) is 1.28. The monoisotopic (exact) mass is 201 g/mol. The van der Waals surface area contributed by atoms with Gasteiger partial charge in [-0.15, -0.1) is 11.3 Å². The molecule has 1 heterocycles. The van der Waals surface area contributed by atoms with Crippen LogP contribution in [0.25, 0.3) is 0 Å². The Morgan fingerprint density at radius 3 is 2.92 bits per heavy atom. The molecule has 1 aliphatic rings. The van der Waals surface area contributed by atoms with Crippen LogP contribution >= 0.6 is 22.9 Å². The molecular formula is C9H12ClNS. The van der Waals surface area contributed by atoms with Crippen molar-refractivity contribution >= 4 is 22.9 Å². The van der Waals surface area contributed by atoms with Crippen molar-refractivity contribution in [3.05, 3.63) is 20.8 Å². The van der Waals surface area contributed by atoms with Crippen LogP contribution < -0.4 is 5.32 Å². The quantitative estimate of drug-likeness (QED) is 0.793. The van der Waals surface area contributed by atoms with Crippen molar-refractivity contribution in [2.75, 3.05) is 0 Å². The highest BCUT2D eigenvalue weighted by atomic mass is 35.5. The summed E-state index contributed by atoms with van der Waals surface area (Å²) in [6.45, 7) is 3.00. The van der Waals surface area contributed by atoms with E-state index in [1.165, 1.54) is 23.3 Å². The molecule has 12 heavy (non-hydrogen) atoms. The van der Waals surface area contributed by atoms with Gasteiger partial charge in [-0.25, -0.2) is 0 Å². The van der Waals surface area contributed by atoms with E-state index in [2.05, 4.69) is 17.6 Å². The van der Waals surface area contributed by atoms with Crippen LogP contribution in [0.4, 0.5) is 0 Å². The summed E-state index contributed by atoms with van der Waals surface area (Å²) in [6, 6.07) is 0.767. The zero-order chi connectivity index (χ0) is 8.55. The molecule has 1 fully saturated rings. The normalized spacial score (nSPS) is 16.8. The van der Waals surface area contributed by atoms with Gasteiger partial charge in [-0.1, -0.05) is 11.6 Å². The third kappa shape index (κ3) is 1.82. The van der Waals surface area contributed by atoms with Crippen LogP contribution in [0.1, 0.15) is 23.3 Å². The molecule has 0 bridgehead atoms. The van der Waals surface area contributed by atoms with Crippen LogP contribution in [0, 0.1) is 6.92 Å². The van der Waals surface area contributed by atoms with E-state index < -0.39 is 0 Å². The van der Waals surface area contributed by atoms with Gasteiger partial charge in [-0.2, -0.15) is 0 Å². The van der Waals surface area contributed by atoms with Gasteiger partial charge in [0.25, 0.3) is 0 Å². The van der Waals surface area contributed by atoms with Crippen LogP contribution in [0.15, 0.2) is 5.38 Å². The van der Waals surface area contributed by atoms with Gasteiger partial charge in [0.2, 0.25) is 0 Å². The smallest absolute Gasteiger partial charge is 0.0587 e. The molecule has 0 aliphatic heterocycles. The number of hydrogen-bond acceptors (Lipinski definition) is 2. The van der Waals surface area contributed by atoms with E-state index in [4.69, 9.17) is 11.6 Å². The molecule has 66 valence electrons. The lowest BCUT2D eigenvalue weighted by Crippen LogP contribution is -2.14. The highest BCUT2D eigenvalue weighted by molar-refractivity contribution is 7.10. The molecule has 3 heteroatoms. The first kappa shape index (κ1) is 8.54. The maximum Gasteiger partial charge on any atom is 0.0587 e. The van der Waals surface area contributed by atoms with Gasteiger partial charge in [-0.05, 0) is 30.7 Å². The summed E-state index contributed by atoms with van der Waals surface area (Å²) < 4.78 is 0. The van der Waals surface area contributed by atoms with E-state index in [-0.39, 0.29) is 0 Å². The van der Waals surface area contributed by atoms with E-state index in [1.54, 1.807) is 11.3 Å². The maximum atomic E-state index is 6.08. The van der Waals surface area contributed by atoms with Gasteiger partial charge < -0.3 is 5.32 Å². The fourth-order valence-electron chi connectivity index (χ4n) is 1.13. The number of aryl methyl sites for hydroxylation is 1. The van der Waals surface area contributed by atoms with Gasteiger partial charge in [0.15, 0.2) is 0 Å². The summed E-state index contributed by atoms with van der Waals surface area (Å²) in [5.74, 6) is 0. The highest BCUT2D eigenvalue weighted by Crippen LogP contribution is 2.28. The molecule has 0 spiro atoms. The first-order chi connectivity index (χ1) is 5.77. The molecule has 0 saturated heterocycles. The Balaban J connectivity index is 1.96. The lowest BCUT2D eigenvalue weighted by Gasteiger charge is -1.99. The largest absolute Gasteiger partial charge is 0.309 e. The van der Waals surface area contributed by atoms with Gasteiger partial charge in [0.05, 0.1) is 5.02 Å². The summed E-state index contributed by atoms with van der Waals surface area (Å²) in [7, 11) is 0. The lowest BCUT2D eigenvalue weighted by atomic mass is 10.3. The number of nitrogens with one attached hydrogen (secondary N) is 1. The number of rotatable bonds is 3. The molecule has 1 N–H and O–H groups in total. The van der Waals surface area contributed by atoms with Crippen LogP contribution in [0.2, 0.25) is 5.02 Å². The summed E-state index contributed by atoms with van der Waals surface area (Å²) in [5.41, 5.74) is 1.20. The topological polar surface area (TPSA) is 12.0 Å². The summed E-state index contributed by atoms with van der Waals surface area (Å²) in [6.07, 6.45) is 2.67. The van der Waals surface area contributed by atoms with Crippen molar-refractivity contribution in [3.63, 3.8) is 0 Å². The van der Waals surface area contributed by atoms with Crippen LogP contribution in [0.5, 0.6) is 0 Å². The third-order valence-electron chi connectivity index (χ3n) is 2.10. The van der Waals surface area contributed by atoms with E-state index in [1.807, 2.05) is 0 Å². The van der Waals surface area contributed by atoms with Gasteiger partial charge in [0.1, 0.15) is 0 Å². The van der Waals surface area contributed by atoms with Gasteiger partial charge in [-0.3, -0.25) is 0 Å². The molecule has 0 unspecified atom stereocenters. The van der Waals surface area contributed by atoms with Gasteiger partial charge >= 0.3 is 0 Å². The Morgan fingerprint density at radius 2 is 2.42 bits per heavy atom. The molecule has 1 saturated carbocycles. The van der Waals surface area contributed by atoms with Crippen molar-refractivity contribution < 1.29 is 0 Å². The lowest BCUT2D eigenvalue weighted by molar-refractivity contribution is 0.695. The van der Waals surface area contributed by atoms with Crippen molar-refractivity contribution in [3.8, 4) is 0 Å². The molecule has 2 rings (SSSR count). The Bertz CT molecular complexity index is 278. The molecule has 1 nitrogen and oxygen atoms in total. The molecule has 0 radical (unpaired) electrons. The fourth-order valence-corrected chi connectivity index (χ4v) is 2.31. The number of thiophene rings is 1. The van der Waals surface area contributed by atoms with E-state index in [9.17, 15) is 0 Å². The Morgan fingerprint density at radius 1 is 1.67 bits per heavy atom. The minimum atomic E-state index is 0.767. The zero-order valence-corrected chi connectivity index (χ0v) is 8.63. The Labute approximate surface area is 81.7 Å². The minimum absolute atomic E-state index is 0.767. The van der Waals surface area contributed by atoms with E-state index in [0.717, 1.165) is 17.6 Å². The third-order valence-corrected chi connectivity index (χ3v) is 3.84. The Kier molecular flexibility index (Phi) is 2.40. The second kappa shape index (κ2) is 3.36. The highest BCUT2D eigenvalue weighted by Gasteiger charge is 2.20. The molecule has 1 aromatic rings. The SMILES string of the molecule is Cc1csc(CNC2CC2)c1Cl. The molecule has 0 amide bonds. The predicted molar refractivity (Wildman–Crippen MR) is 53.9 cm³/mol. The minimum Gasteiger partial charge on any atom is -0.309 e. The molecule has 0 atom stereocenters. The zero-order valence-electron chi connectivity index (χ0n) is 7.06. The summed E-state index contributed by atoms with van der Waals surface area (Å²) >= 11 is 7.83. The Hall–Kier alpha value is -0.0500. The fraction of sp³-hybridized carbons (Fsp3) is 0.556. The predicted octanol–water partition coefficient (Wildman–Crippen LogP) is 2.96. The van der Waals surface area contributed by atoms with Crippen molar-refractivity contribution in [1.29, 1.82) is 0 Å². The molecule has 1 aliphatic carbocycles. The number of halogens is 1. The van der Waals surface area contributed by atoms with Crippen LogP contribution in [-0.2, 0) is 6.54 Å². The van der Waals surface area contributed by atoms with Gasteiger partial charge in [0, 0.05) is 17.5 Å². The number of hydrogen-bond donors (Lipinski definition) is 1. The van der Waals surface area contributed by atoms with Crippen molar-refractivity contribution in [1.82, 2.24) is 5.32 Å². The average Bonchev–Trinajstić information content (AvgIpc) is 2.82. The van der Waals surface area contributed by atoms with Crippen molar-refractivity contribution in [2.45, 2.75) is 32.4 Å². The van der Waals surface area contributed by atoms with E-state index >= 15 is 0 Å². The molecule has 1 aromatic heterocycles. The molecular weight excluding hydrogens is 190 g/mol. The standard InChI is InChI=1S/C9H12ClNS/c1-6-5-12-8(9(6)10)4-11-7-2-3-7/h5,7,11H,2-4H2,1H3. The van der Waals surface area contributed by atoms with Crippen molar-refractivity contribution in [2.24, 2.45) is 0 Å². The first-order valence-corrected chi connectivity index (χ1v) is 5.49.